The average Bonchev–Trinajstić information content (AvgIpc) is 2.44. The molecule has 1 aromatic rings. The molecule has 2 atom stereocenters. The van der Waals surface area contributed by atoms with Crippen molar-refractivity contribution in [2.24, 2.45) is 0 Å². The van der Waals surface area contributed by atoms with Crippen molar-refractivity contribution >= 4 is 11.9 Å². The Morgan fingerprint density at radius 3 is 2.52 bits per heavy atom. The minimum absolute atomic E-state index is 0.160. The number of aromatic nitrogens is 3. The van der Waals surface area contributed by atoms with Crippen molar-refractivity contribution in [3.05, 3.63) is 0 Å². The molecule has 0 spiro atoms. The summed E-state index contributed by atoms with van der Waals surface area (Å²) in [7, 11) is 0. The molecule has 2 unspecified atom stereocenters. The Bertz CT molecular complexity index is 447. The van der Waals surface area contributed by atoms with Gasteiger partial charge in [-0.05, 0) is 27.2 Å². The summed E-state index contributed by atoms with van der Waals surface area (Å²) in [6.45, 7) is 11.0. The van der Waals surface area contributed by atoms with E-state index in [-0.39, 0.29) is 12.2 Å². The first-order valence-corrected chi connectivity index (χ1v) is 7.65. The Labute approximate surface area is 126 Å². The van der Waals surface area contributed by atoms with Gasteiger partial charge in [-0.15, -0.1) is 0 Å². The molecule has 21 heavy (non-hydrogen) atoms. The van der Waals surface area contributed by atoms with E-state index in [9.17, 15) is 0 Å². The van der Waals surface area contributed by atoms with Crippen LogP contribution in [0, 0.1) is 0 Å². The molecule has 2 rings (SSSR count). The van der Waals surface area contributed by atoms with Gasteiger partial charge in [0.25, 0.3) is 0 Å². The number of hydrogen-bond acceptors (Lipinski definition) is 7. The van der Waals surface area contributed by atoms with Gasteiger partial charge < -0.3 is 19.7 Å². The summed E-state index contributed by atoms with van der Waals surface area (Å²) in [6, 6.07) is 0.368. The number of rotatable bonds is 6. The van der Waals surface area contributed by atoms with Crippen LogP contribution in [0.25, 0.3) is 0 Å². The van der Waals surface area contributed by atoms with Crippen LogP contribution in [0.1, 0.15) is 34.1 Å². The van der Waals surface area contributed by atoms with Crippen molar-refractivity contribution in [2.45, 2.75) is 46.3 Å². The lowest BCUT2D eigenvalue weighted by Crippen LogP contribution is -2.46. The molecule has 0 saturated carbocycles. The third-order valence-electron chi connectivity index (χ3n) is 3.11. The second-order valence-electron chi connectivity index (χ2n) is 5.26. The van der Waals surface area contributed by atoms with Crippen molar-refractivity contribution in [3.63, 3.8) is 0 Å². The molecule has 0 bridgehead atoms. The zero-order valence-corrected chi connectivity index (χ0v) is 13.3. The number of morpholine rings is 1. The molecular formula is C14H25N5O2. The van der Waals surface area contributed by atoms with Crippen molar-refractivity contribution in [2.75, 3.05) is 36.5 Å². The monoisotopic (exact) mass is 295 g/mol. The summed E-state index contributed by atoms with van der Waals surface area (Å²) in [4.78, 5) is 15.3. The Morgan fingerprint density at radius 2 is 1.90 bits per heavy atom. The van der Waals surface area contributed by atoms with Gasteiger partial charge in [0.05, 0.1) is 18.8 Å². The summed E-state index contributed by atoms with van der Waals surface area (Å²) in [5, 5.41) is 3.19. The number of hydrogen-bond donors (Lipinski definition) is 1. The molecule has 0 radical (unpaired) electrons. The quantitative estimate of drug-likeness (QED) is 0.856. The summed E-state index contributed by atoms with van der Waals surface area (Å²) < 4.78 is 11.2. The molecule has 0 aliphatic carbocycles. The summed E-state index contributed by atoms with van der Waals surface area (Å²) >= 11 is 0. The Hall–Kier alpha value is -1.63. The maximum Gasteiger partial charge on any atom is 0.323 e. The van der Waals surface area contributed by atoms with Gasteiger partial charge >= 0.3 is 6.01 Å². The molecule has 0 amide bonds. The first kappa shape index (κ1) is 15.8. The third-order valence-corrected chi connectivity index (χ3v) is 3.11. The van der Waals surface area contributed by atoms with Crippen molar-refractivity contribution in [3.8, 4) is 6.01 Å². The van der Waals surface area contributed by atoms with Crippen molar-refractivity contribution in [1.29, 1.82) is 0 Å². The first-order valence-electron chi connectivity index (χ1n) is 7.65. The summed E-state index contributed by atoms with van der Waals surface area (Å²) in [5.41, 5.74) is 0. The molecule has 118 valence electrons. The lowest BCUT2D eigenvalue weighted by atomic mass is 10.2. The van der Waals surface area contributed by atoms with Gasteiger partial charge in [0.2, 0.25) is 11.9 Å². The molecule has 2 heterocycles. The standard InChI is InChI=1S/C14H25N5O2/c1-5-7-15-12-16-13(18-14(17-12)20-6-2)19-8-10(3)21-11(4)9-19/h10-11H,5-9H2,1-4H3,(H,15,16,17,18). The third kappa shape index (κ3) is 4.42. The fourth-order valence-corrected chi connectivity index (χ4v) is 2.34. The van der Waals surface area contributed by atoms with E-state index in [2.05, 4.69) is 45.9 Å². The molecule has 1 fully saturated rings. The van der Waals surface area contributed by atoms with Crippen LogP contribution in [0.15, 0.2) is 0 Å². The van der Waals surface area contributed by atoms with Crippen LogP contribution in [0.3, 0.4) is 0 Å². The molecule has 7 nitrogen and oxygen atoms in total. The zero-order valence-electron chi connectivity index (χ0n) is 13.3. The summed E-state index contributed by atoms with van der Waals surface area (Å²) in [6.07, 6.45) is 1.33. The second kappa shape index (κ2) is 7.40. The molecule has 1 aliphatic rings. The fraction of sp³-hybridized carbons (Fsp3) is 0.786. The minimum atomic E-state index is 0.160. The highest BCUT2D eigenvalue weighted by Gasteiger charge is 2.25. The van der Waals surface area contributed by atoms with Crippen LogP contribution in [0.5, 0.6) is 6.01 Å². The highest BCUT2D eigenvalue weighted by molar-refractivity contribution is 5.39. The van der Waals surface area contributed by atoms with Crippen molar-refractivity contribution < 1.29 is 9.47 Å². The first-order chi connectivity index (χ1) is 10.1. The van der Waals surface area contributed by atoms with E-state index in [4.69, 9.17) is 9.47 Å². The maximum absolute atomic E-state index is 5.75. The van der Waals surface area contributed by atoms with Gasteiger partial charge in [-0.2, -0.15) is 15.0 Å². The van der Waals surface area contributed by atoms with E-state index < -0.39 is 0 Å². The molecule has 1 saturated heterocycles. The topological polar surface area (TPSA) is 72.4 Å². The highest BCUT2D eigenvalue weighted by atomic mass is 16.5. The predicted octanol–water partition coefficient (Wildman–Crippen LogP) is 1.71. The van der Waals surface area contributed by atoms with Crippen LogP contribution in [-0.4, -0.2) is 53.4 Å². The number of nitrogens with one attached hydrogen (secondary N) is 1. The van der Waals surface area contributed by atoms with E-state index in [1.165, 1.54) is 0 Å². The molecule has 1 N–H and O–H groups in total. The lowest BCUT2D eigenvalue weighted by molar-refractivity contribution is -0.00577. The van der Waals surface area contributed by atoms with Crippen LogP contribution in [0.2, 0.25) is 0 Å². The van der Waals surface area contributed by atoms with Gasteiger partial charge in [-0.3, -0.25) is 0 Å². The van der Waals surface area contributed by atoms with Crippen molar-refractivity contribution in [1.82, 2.24) is 15.0 Å². The maximum atomic E-state index is 5.75. The molecule has 7 heteroatoms. The van der Waals surface area contributed by atoms with E-state index >= 15 is 0 Å². The summed E-state index contributed by atoms with van der Waals surface area (Å²) in [5.74, 6) is 1.21. The number of nitrogens with zero attached hydrogens (tertiary/aromatic N) is 4. The van der Waals surface area contributed by atoms with Gasteiger partial charge in [0.15, 0.2) is 0 Å². The molecule has 1 aromatic heterocycles. The van der Waals surface area contributed by atoms with Gasteiger partial charge in [-0.25, -0.2) is 0 Å². The fourth-order valence-electron chi connectivity index (χ4n) is 2.34. The van der Waals surface area contributed by atoms with E-state index in [1.807, 2.05) is 6.92 Å². The average molecular weight is 295 g/mol. The number of anilines is 2. The smallest absolute Gasteiger partial charge is 0.323 e. The molecular weight excluding hydrogens is 270 g/mol. The SMILES string of the molecule is CCCNc1nc(OCC)nc(N2CC(C)OC(C)C2)n1. The van der Waals surface area contributed by atoms with E-state index in [1.54, 1.807) is 0 Å². The highest BCUT2D eigenvalue weighted by Crippen LogP contribution is 2.20. The van der Waals surface area contributed by atoms with Crippen LogP contribution in [0.4, 0.5) is 11.9 Å². The zero-order chi connectivity index (χ0) is 15.2. The van der Waals surface area contributed by atoms with E-state index in [0.29, 0.717) is 24.5 Å². The van der Waals surface area contributed by atoms with Gasteiger partial charge in [-0.1, -0.05) is 6.92 Å². The van der Waals surface area contributed by atoms with Crippen LogP contribution >= 0.6 is 0 Å². The molecule has 1 aliphatic heterocycles. The Balaban J connectivity index is 2.21. The lowest BCUT2D eigenvalue weighted by Gasteiger charge is -2.35. The Kier molecular flexibility index (Phi) is 5.55. The number of ether oxygens (including phenoxy) is 2. The van der Waals surface area contributed by atoms with Gasteiger partial charge in [0, 0.05) is 19.6 Å². The van der Waals surface area contributed by atoms with E-state index in [0.717, 1.165) is 26.1 Å². The second-order valence-corrected chi connectivity index (χ2v) is 5.26. The van der Waals surface area contributed by atoms with Gasteiger partial charge in [0.1, 0.15) is 0 Å². The predicted molar refractivity (Wildman–Crippen MR) is 82.0 cm³/mol. The van der Waals surface area contributed by atoms with Crippen LogP contribution in [-0.2, 0) is 4.74 Å². The Morgan fingerprint density at radius 1 is 1.19 bits per heavy atom. The molecule has 0 aromatic carbocycles. The largest absolute Gasteiger partial charge is 0.464 e. The minimum Gasteiger partial charge on any atom is -0.464 e. The normalized spacial score (nSPS) is 22.2. The van der Waals surface area contributed by atoms with Crippen LogP contribution < -0.4 is 15.0 Å².